The first kappa shape index (κ1) is 96.5. The highest BCUT2D eigenvalue weighted by molar-refractivity contribution is 7.80. The zero-order valence-electron chi connectivity index (χ0n) is 67.8. The number of amides is 15. The number of nitrogens with zero attached hydrogens (tertiary/aromatic N) is 5. The summed E-state index contributed by atoms with van der Waals surface area (Å²) in [6, 6.07) is 14.1. The number of aromatic amines is 1. The number of carbonyl (C=O) groups is 16. The highest BCUT2D eigenvalue weighted by atomic mass is 32.1. The van der Waals surface area contributed by atoms with E-state index in [0.717, 1.165) is 37.6 Å². The fourth-order valence-corrected chi connectivity index (χ4v) is 13.9. The van der Waals surface area contributed by atoms with Gasteiger partial charge in [0.25, 0.3) is 0 Å². The van der Waals surface area contributed by atoms with Crippen molar-refractivity contribution in [1.29, 1.82) is 5.41 Å². The molecule has 0 radical (unpaired) electrons. The van der Waals surface area contributed by atoms with Crippen molar-refractivity contribution in [3.05, 3.63) is 138 Å². The molecule has 1 saturated heterocycles. The first-order chi connectivity index (χ1) is 57.0. The minimum absolute atomic E-state index is 0.00763. The number of nitrogens with two attached hydrogens (primary N) is 2. The molecule has 0 aliphatic carbocycles. The van der Waals surface area contributed by atoms with Gasteiger partial charge in [0, 0.05) is 102 Å². The van der Waals surface area contributed by atoms with Gasteiger partial charge in [-0.1, -0.05) is 112 Å². The van der Waals surface area contributed by atoms with Crippen molar-refractivity contribution in [2.45, 2.75) is 151 Å². The smallest absolute Gasteiger partial charge is 0.305 e. The number of guanidine groups is 1. The number of aliphatic hydroxyl groups is 1. The van der Waals surface area contributed by atoms with Gasteiger partial charge < -0.3 is 109 Å². The second kappa shape index (κ2) is 47.3. The van der Waals surface area contributed by atoms with E-state index < -0.39 is 206 Å². The quantitative estimate of drug-likeness (QED) is 0.00791. The lowest BCUT2D eigenvalue weighted by molar-refractivity contribution is -0.149. The number of rotatable bonds is 46. The number of aliphatic hydroxyl groups excluding tert-OH is 1. The van der Waals surface area contributed by atoms with Crippen LogP contribution >= 0.6 is 25.3 Å². The van der Waals surface area contributed by atoms with Gasteiger partial charge in [-0.25, -0.2) is 0 Å². The van der Waals surface area contributed by atoms with E-state index in [0.29, 0.717) is 28.7 Å². The van der Waals surface area contributed by atoms with Crippen LogP contribution in [0.1, 0.15) is 81.5 Å². The molecule has 15 amide bonds. The van der Waals surface area contributed by atoms with Gasteiger partial charge in [-0.2, -0.15) is 25.3 Å². The van der Waals surface area contributed by atoms with Crippen LogP contribution in [0.15, 0.2) is 115 Å². The molecule has 19 N–H and O–H groups in total. The summed E-state index contributed by atoms with van der Waals surface area (Å²) in [5.41, 5.74) is 13.8. The number of hydrogen-bond donors (Lipinski definition) is 19. The topological polar surface area (TPSA) is 562 Å². The van der Waals surface area contributed by atoms with Crippen LogP contribution in [0.4, 0.5) is 0 Å². The Morgan fingerprint density at radius 3 is 1.68 bits per heavy atom. The molecule has 1 aliphatic heterocycles. The second-order valence-corrected chi connectivity index (χ2v) is 30.0. The lowest BCUT2D eigenvalue weighted by atomic mass is 10.00. The highest BCUT2D eigenvalue weighted by Gasteiger charge is 2.44. The number of phenolic OH excluding ortho intramolecular Hbond substituents is 1. The molecule has 38 nitrogen and oxygen atoms in total. The molecular formula is C80H109N19O19S2. The average Bonchev–Trinajstić information content (AvgIpc) is 1.74. The normalized spacial score (nSPS) is 14.8. The van der Waals surface area contributed by atoms with Crippen LogP contribution in [-0.4, -0.2) is 291 Å². The number of carbonyl (C=O) groups excluding carboxylic acids is 15. The molecule has 6 rings (SSSR count). The fourth-order valence-electron chi connectivity index (χ4n) is 13.4. The van der Waals surface area contributed by atoms with E-state index >= 15 is 19.2 Å². The molecule has 0 saturated carbocycles. The number of thiol groups is 2. The van der Waals surface area contributed by atoms with E-state index in [2.05, 4.69) is 83.4 Å². The number of fused-ring (bicyclic) bond motifs is 1. The number of H-pyrrole nitrogens is 1. The van der Waals surface area contributed by atoms with Crippen LogP contribution in [0.25, 0.3) is 10.9 Å². The standard InChI is InChI=1S/C80H109N19O19S2/c1-8-64(103)89-54(36-49-38-85-52-24-16-15-23-51(49)52)70(109)92-58(44-120)72(111)91-55(37-67(106)107)71(110)94-68(45(2)3)79(118)98(7)62(42-100)73(112)87-40-65(104)88-53(25-17-31-84-80(82)83)75(114)96(5)60(34-46-19-11-9-12-20-46)77(116)95(4)41-66(105)90-56(33-48-27-29-50(101)30-28-48)76(115)97(6)61(35-47-21-13-10-14-22-47)78(117)99-32-18-26-59(99)74(113)93-57(43-119)69(108)86-39-63(81)102/h9-16,19-24,27-30,38,45,53-62,68,85,100-101,119-120H,8,17-18,25-26,31-37,39-44H2,1-7H3,(H2,81,102)(H,86,108)(H,87,112)(H,88,104)(H,89,103)(H,90,105)(H,91,111)(H,92,109)(H,93,113)(H,94,110)(H,106,107)(H4,82,83,84)/t53-,54+,55-,56-,57-,58-,59-,60-,61-,62-,68-/m0/s1. The number of carboxylic acid groups (broad SMARTS) is 1. The Morgan fingerprint density at radius 1 is 0.558 bits per heavy atom. The number of phenols is 1. The number of carboxylic acids is 1. The third-order valence-corrected chi connectivity index (χ3v) is 20.8. The predicted molar refractivity (Wildman–Crippen MR) is 446 cm³/mol. The number of primary amides is 1. The molecule has 0 spiro atoms. The summed E-state index contributed by atoms with van der Waals surface area (Å²) in [5.74, 6) is -16.4. The Labute approximate surface area is 704 Å². The summed E-state index contributed by atoms with van der Waals surface area (Å²) >= 11 is 8.44. The number of hydrogen-bond acceptors (Lipinski definition) is 21. The van der Waals surface area contributed by atoms with Gasteiger partial charge in [0.2, 0.25) is 88.6 Å². The molecule has 120 heavy (non-hydrogen) atoms. The summed E-state index contributed by atoms with van der Waals surface area (Å²) in [6.07, 6.45) is 0.575. The Morgan fingerprint density at radius 2 is 1.09 bits per heavy atom. The van der Waals surface area contributed by atoms with Crippen molar-refractivity contribution in [2.75, 3.05) is 79.0 Å². The zero-order chi connectivity index (χ0) is 88.6. The summed E-state index contributed by atoms with van der Waals surface area (Å²) in [5, 5.41) is 64.4. The number of likely N-dealkylation sites (N-methyl/N-ethyl adjacent to an activating group) is 4. The number of aromatic nitrogens is 1. The lowest BCUT2D eigenvalue weighted by Crippen LogP contribution is -2.61. The van der Waals surface area contributed by atoms with Gasteiger partial charge in [-0.15, -0.1) is 0 Å². The Kier molecular flexibility index (Phi) is 38.0. The van der Waals surface area contributed by atoms with Crippen molar-refractivity contribution >= 4 is 137 Å². The van der Waals surface area contributed by atoms with Gasteiger partial charge in [0.1, 0.15) is 72.2 Å². The maximum absolute atomic E-state index is 15.2. The van der Waals surface area contributed by atoms with Gasteiger partial charge in [0.05, 0.1) is 32.7 Å². The maximum Gasteiger partial charge on any atom is 0.305 e. The van der Waals surface area contributed by atoms with Crippen molar-refractivity contribution in [1.82, 2.24) is 82.7 Å². The van der Waals surface area contributed by atoms with Crippen molar-refractivity contribution < 1.29 is 92.0 Å². The first-order valence-electron chi connectivity index (χ1n) is 38.8. The third-order valence-electron chi connectivity index (χ3n) is 20.1. The molecule has 40 heteroatoms. The third kappa shape index (κ3) is 28.7. The summed E-state index contributed by atoms with van der Waals surface area (Å²) in [6.45, 7) is 1.42. The SMILES string of the molecule is CCC(=O)N[C@H](Cc1c[nH]c2ccccc12)C(=O)N[C@@H](CS)C(=O)N[C@@H](CC(=O)O)C(=O)N[C@H](C(=O)N(C)[C@@H](CO)C(=O)NCC(=O)N[C@@H](CCCNC(=N)N)C(=O)N(C)[C@@H](Cc1ccccc1)C(=O)N(C)CC(=O)N[C@@H](Cc1ccc(O)cc1)C(=O)N(C)[C@@H](Cc1ccccc1)C(=O)N1CCC[C@H]1C(=O)N[C@@H](CS)C(=O)NCC(N)=O)C(C)C. The summed E-state index contributed by atoms with van der Waals surface area (Å²) in [4.78, 5) is 231. The molecule has 1 fully saturated rings. The van der Waals surface area contributed by atoms with Crippen LogP contribution < -0.4 is 64.6 Å². The van der Waals surface area contributed by atoms with Crippen LogP contribution in [-0.2, 0) is 102 Å². The summed E-state index contributed by atoms with van der Waals surface area (Å²) < 4.78 is 0. The van der Waals surface area contributed by atoms with Crippen LogP contribution in [0, 0.1) is 11.3 Å². The van der Waals surface area contributed by atoms with E-state index in [1.807, 2.05) is 18.2 Å². The van der Waals surface area contributed by atoms with Gasteiger partial charge in [-0.05, 0) is 72.1 Å². The number of benzene rings is 4. The minimum atomic E-state index is -1.89. The largest absolute Gasteiger partial charge is 0.508 e. The fraction of sp³-hybridized carbons (Fsp3) is 0.463. The van der Waals surface area contributed by atoms with Crippen LogP contribution in [0.2, 0.25) is 0 Å². The van der Waals surface area contributed by atoms with Crippen molar-refractivity contribution in [3.8, 4) is 5.75 Å². The molecule has 4 aromatic carbocycles. The van der Waals surface area contributed by atoms with E-state index in [1.165, 1.54) is 64.2 Å². The molecule has 0 unspecified atom stereocenters. The maximum atomic E-state index is 15.2. The van der Waals surface area contributed by atoms with E-state index in [4.69, 9.17) is 16.9 Å². The lowest BCUT2D eigenvalue weighted by Gasteiger charge is -2.35. The second-order valence-electron chi connectivity index (χ2n) is 29.3. The molecule has 1 aromatic heterocycles. The van der Waals surface area contributed by atoms with Gasteiger partial charge in [0.15, 0.2) is 5.96 Å². The molecule has 0 bridgehead atoms. The molecule has 5 aromatic rings. The van der Waals surface area contributed by atoms with E-state index in [9.17, 15) is 72.9 Å². The molecule has 1 aliphatic rings. The van der Waals surface area contributed by atoms with Crippen LogP contribution in [0.5, 0.6) is 5.75 Å². The van der Waals surface area contributed by atoms with Crippen molar-refractivity contribution in [3.63, 3.8) is 0 Å². The molecule has 11 atom stereocenters. The minimum Gasteiger partial charge on any atom is -0.508 e. The number of para-hydroxylation sites is 1. The number of aliphatic carboxylic acids is 1. The average molecular weight is 1700 g/mol. The predicted octanol–water partition coefficient (Wildman–Crippen LogP) is -3.16. The molecule has 2 heterocycles. The van der Waals surface area contributed by atoms with E-state index in [-0.39, 0.29) is 81.7 Å². The van der Waals surface area contributed by atoms with Gasteiger partial charge >= 0.3 is 5.97 Å². The highest BCUT2D eigenvalue weighted by Crippen LogP contribution is 2.25. The van der Waals surface area contributed by atoms with Gasteiger partial charge in [-0.3, -0.25) is 82.1 Å². The summed E-state index contributed by atoms with van der Waals surface area (Å²) in [7, 11) is 5.02. The van der Waals surface area contributed by atoms with Crippen LogP contribution in [0.3, 0.4) is 0 Å². The Balaban J connectivity index is 1.16. The number of aromatic hydroxyl groups is 1. The first-order valence-corrected chi connectivity index (χ1v) is 40.1. The molecular weight excluding hydrogens is 1600 g/mol. The Bertz CT molecular complexity index is 4450. The zero-order valence-corrected chi connectivity index (χ0v) is 69.6. The Hall–Kier alpha value is -12.3. The number of nitrogens with one attached hydrogen (secondary N) is 12. The van der Waals surface area contributed by atoms with Crippen molar-refractivity contribution in [2.24, 2.45) is 17.4 Å². The monoisotopic (exact) mass is 1700 g/mol. The van der Waals surface area contributed by atoms with E-state index in [1.54, 1.807) is 79.9 Å². The molecule has 650 valence electrons. The number of likely N-dealkylation sites (tertiary alicyclic amines) is 1.